The van der Waals surface area contributed by atoms with E-state index in [-0.39, 0.29) is 0 Å². The number of hydrogen-bond acceptors (Lipinski definition) is 4. The van der Waals surface area contributed by atoms with Crippen molar-refractivity contribution in [3.8, 4) is 0 Å². The summed E-state index contributed by atoms with van der Waals surface area (Å²) in [4.78, 5) is 8.98. The van der Waals surface area contributed by atoms with Gasteiger partial charge in [0.1, 0.15) is 16.2 Å². The first-order valence-electron chi connectivity index (χ1n) is 6.47. The summed E-state index contributed by atoms with van der Waals surface area (Å²) >= 11 is 3.45. The quantitative estimate of drug-likeness (QED) is 0.860. The van der Waals surface area contributed by atoms with Gasteiger partial charge in [-0.15, -0.1) is 0 Å². The number of anilines is 1. The first kappa shape index (κ1) is 12.6. The van der Waals surface area contributed by atoms with Crippen LogP contribution in [0, 0.1) is 0 Å². The standard InChI is InChI=1S/C13H16BrN5/c1-19-10(5-7-16-19)4-6-15-12-8-11(14)17-13(18-12)9-2-3-9/h5,7-9H,2-4,6H2,1H3,(H,15,17,18). The van der Waals surface area contributed by atoms with Crippen LogP contribution in [0.3, 0.4) is 0 Å². The molecule has 0 spiro atoms. The molecule has 2 aromatic heterocycles. The van der Waals surface area contributed by atoms with E-state index >= 15 is 0 Å². The van der Waals surface area contributed by atoms with E-state index in [0.29, 0.717) is 5.92 Å². The van der Waals surface area contributed by atoms with E-state index in [1.807, 2.05) is 30.1 Å². The third-order valence-corrected chi connectivity index (χ3v) is 3.67. The second kappa shape index (κ2) is 5.28. The molecule has 1 N–H and O–H groups in total. The van der Waals surface area contributed by atoms with Gasteiger partial charge in [-0.05, 0) is 34.8 Å². The van der Waals surface area contributed by atoms with Crippen LogP contribution in [-0.2, 0) is 13.5 Å². The molecule has 0 saturated heterocycles. The molecule has 1 fully saturated rings. The van der Waals surface area contributed by atoms with Crippen LogP contribution >= 0.6 is 15.9 Å². The summed E-state index contributed by atoms with van der Waals surface area (Å²) < 4.78 is 2.75. The van der Waals surface area contributed by atoms with Gasteiger partial charge < -0.3 is 5.32 Å². The lowest BCUT2D eigenvalue weighted by Gasteiger charge is -2.08. The average Bonchev–Trinajstić information content (AvgIpc) is 3.14. The summed E-state index contributed by atoms with van der Waals surface area (Å²) in [6.07, 6.45) is 5.18. The maximum absolute atomic E-state index is 4.56. The number of nitrogens with zero attached hydrogens (tertiary/aromatic N) is 4. The van der Waals surface area contributed by atoms with Crippen LogP contribution in [0.15, 0.2) is 22.9 Å². The van der Waals surface area contributed by atoms with E-state index in [2.05, 4.69) is 36.3 Å². The monoisotopic (exact) mass is 321 g/mol. The highest BCUT2D eigenvalue weighted by molar-refractivity contribution is 9.10. The molecule has 6 heteroatoms. The Labute approximate surface area is 120 Å². The maximum Gasteiger partial charge on any atom is 0.135 e. The molecular weight excluding hydrogens is 306 g/mol. The molecule has 0 atom stereocenters. The third-order valence-electron chi connectivity index (χ3n) is 3.26. The molecule has 0 bridgehead atoms. The second-order valence-corrected chi connectivity index (χ2v) is 5.64. The van der Waals surface area contributed by atoms with Crippen molar-refractivity contribution in [3.63, 3.8) is 0 Å². The SMILES string of the molecule is Cn1nccc1CCNc1cc(Br)nc(C2CC2)n1. The summed E-state index contributed by atoms with van der Waals surface area (Å²) in [5.74, 6) is 2.42. The van der Waals surface area contributed by atoms with Crippen molar-refractivity contribution in [3.05, 3.63) is 34.5 Å². The van der Waals surface area contributed by atoms with Crippen molar-refractivity contribution in [1.29, 1.82) is 0 Å². The predicted octanol–water partition coefficient (Wildman–Crippen LogP) is 2.50. The number of aromatic nitrogens is 4. The number of rotatable bonds is 5. The summed E-state index contributed by atoms with van der Waals surface area (Å²) in [6, 6.07) is 3.96. The van der Waals surface area contributed by atoms with E-state index in [4.69, 9.17) is 0 Å². The number of hydrogen-bond donors (Lipinski definition) is 1. The molecule has 0 aromatic carbocycles. The zero-order chi connectivity index (χ0) is 13.2. The van der Waals surface area contributed by atoms with Gasteiger partial charge >= 0.3 is 0 Å². The summed E-state index contributed by atoms with van der Waals surface area (Å²) in [5, 5.41) is 7.51. The zero-order valence-electron chi connectivity index (χ0n) is 10.8. The first-order valence-corrected chi connectivity index (χ1v) is 7.27. The lowest BCUT2D eigenvalue weighted by atomic mass is 10.3. The minimum absolute atomic E-state index is 0.565. The Balaban J connectivity index is 1.62. The molecule has 1 aliphatic carbocycles. The molecule has 2 aromatic rings. The van der Waals surface area contributed by atoms with Crippen LogP contribution in [-0.4, -0.2) is 26.3 Å². The number of aryl methyl sites for hydroxylation is 1. The van der Waals surface area contributed by atoms with E-state index in [1.165, 1.54) is 18.5 Å². The molecule has 1 aliphatic rings. The van der Waals surface area contributed by atoms with Crippen molar-refractivity contribution in [1.82, 2.24) is 19.7 Å². The van der Waals surface area contributed by atoms with E-state index in [0.717, 1.165) is 29.2 Å². The molecule has 0 aliphatic heterocycles. The minimum atomic E-state index is 0.565. The molecule has 2 heterocycles. The van der Waals surface area contributed by atoms with Crippen LogP contribution < -0.4 is 5.32 Å². The molecule has 0 amide bonds. The number of halogens is 1. The average molecular weight is 322 g/mol. The highest BCUT2D eigenvalue weighted by atomic mass is 79.9. The smallest absolute Gasteiger partial charge is 0.135 e. The largest absolute Gasteiger partial charge is 0.370 e. The van der Waals surface area contributed by atoms with Crippen molar-refractivity contribution < 1.29 is 0 Å². The molecule has 3 rings (SSSR count). The molecule has 19 heavy (non-hydrogen) atoms. The summed E-state index contributed by atoms with van der Waals surface area (Å²) in [6.45, 7) is 0.840. The third kappa shape index (κ3) is 3.12. The van der Waals surface area contributed by atoms with Gasteiger partial charge in [0.25, 0.3) is 0 Å². The van der Waals surface area contributed by atoms with Gasteiger partial charge in [-0.1, -0.05) is 0 Å². The van der Waals surface area contributed by atoms with Crippen molar-refractivity contribution in [2.75, 3.05) is 11.9 Å². The molecular formula is C13H16BrN5. The van der Waals surface area contributed by atoms with E-state index in [9.17, 15) is 0 Å². The molecule has 0 radical (unpaired) electrons. The van der Waals surface area contributed by atoms with Crippen LogP contribution in [0.25, 0.3) is 0 Å². The Bertz CT molecular complexity index is 576. The summed E-state index contributed by atoms with van der Waals surface area (Å²) in [7, 11) is 1.96. The zero-order valence-corrected chi connectivity index (χ0v) is 12.4. The van der Waals surface area contributed by atoms with Gasteiger partial charge in [-0.25, -0.2) is 9.97 Å². The Hall–Kier alpha value is -1.43. The molecule has 0 unspecified atom stereocenters. The Morgan fingerprint density at radius 3 is 2.95 bits per heavy atom. The highest BCUT2D eigenvalue weighted by Crippen LogP contribution is 2.38. The lowest BCUT2D eigenvalue weighted by molar-refractivity contribution is 0.710. The second-order valence-electron chi connectivity index (χ2n) is 4.83. The fourth-order valence-corrected chi connectivity index (χ4v) is 2.41. The van der Waals surface area contributed by atoms with Crippen LogP contribution in [0.2, 0.25) is 0 Å². The van der Waals surface area contributed by atoms with Gasteiger partial charge in [0.2, 0.25) is 0 Å². The number of nitrogens with one attached hydrogen (secondary N) is 1. The summed E-state index contributed by atoms with van der Waals surface area (Å²) in [5.41, 5.74) is 1.21. The van der Waals surface area contributed by atoms with Gasteiger partial charge in [-0.3, -0.25) is 4.68 Å². The van der Waals surface area contributed by atoms with Crippen LogP contribution in [0.5, 0.6) is 0 Å². The van der Waals surface area contributed by atoms with E-state index < -0.39 is 0 Å². The van der Waals surface area contributed by atoms with Gasteiger partial charge in [-0.2, -0.15) is 5.10 Å². The molecule has 5 nitrogen and oxygen atoms in total. The fourth-order valence-electron chi connectivity index (χ4n) is 2.02. The first-order chi connectivity index (χ1) is 9.22. The van der Waals surface area contributed by atoms with Gasteiger partial charge in [0, 0.05) is 43.9 Å². The van der Waals surface area contributed by atoms with Crippen molar-refractivity contribution >= 4 is 21.7 Å². The van der Waals surface area contributed by atoms with Crippen LogP contribution in [0.4, 0.5) is 5.82 Å². The Kier molecular flexibility index (Phi) is 3.50. The Morgan fingerprint density at radius 1 is 1.42 bits per heavy atom. The topological polar surface area (TPSA) is 55.6 Å². The predicted molar refractivity (Wildman–Crippen MR) is 77.1 cm³/mol. The fraction of sp³-hybridized carbons (Fsp3) is 0.462. The van der Waals surface area contributed by atoms with Gasteiger partial charge in [0.05, 0.1) is 0 Å². The minimum Gasteiger partial charge on any atom is -0.370 e. The Morgan fingerprint density at radius 2 is 2.26 bits per heavy atom. The van der Waals surface area contributed by atoms with Crippen LogP contribution in [0.1, 0.15) is 30.3 Å². The van der Waals surface area contributed by atoms with Gasteiger partial charge in [0.15, 0.2) is 0 Å². The van der Waals surface area contributed by atoms with Crippen molar-refractivity contribution in [2.24, 2.45) is 7.05 Å². The molecule has 1 saturated carbocycles. The molecule has 100 valence electrons. The highest BCUT2D eigenvalue weighted by Gasteiger charge is 2.27. The lowest BCUT2D eigenvalue weighted by Crippen LogP contribution is -2.10. The van der Waals surface area contributed by atoms with E-state index in [1.54, 1.807) is 0 Å². The van der Waals surface area contributed by atoms with Crippen molar-refractivity contribution in [2.45, 2.75) is 25.2 Å². The maximum atomic E-state index is 4.56. The normalized spacial score (nSPS) is 14.6.